The van der Waals surface area contributed by atoms with Crippen molar-refractivity contribution < 1.29 is 17.9 Å². The number of likely N-dealkylation sites (tertiary alicyclic amines) is 1. The van der Waals surface area contributed by atoms with Crippen LogP contribution < -0.4 is 5.14 Å². The molecule has 1 aromatic carbocycles. The van der Waals surface area contributed by atoms with Gasteiger partial charge < -0.3 is 5.11 Å². The standard InChI is InChI=1S/C15H23FN2O3S/c1-2-5-15(11-19)6-7-18(10-15)9-12-3-4-13(16)14(8-12)22(17,20)21/h3-4,8,19H,2,5-7,9-11H2,1H3,(H2,17,20,21). The quantitative estimate of drug-likeness (QED) is 0.827. The first-order valence-corrected chi connectivity index (χ1v) is 8.99. The molecular weight excluding hydrogens is 307 g/mol. The van der Waals surface area contributed by atoms with E-state index in [1.807, 2.05) is 0 Å². The zero-order valence-corrected chi connectivity index (χ0v) is 13.6. The van der Waals surface area contributed by atoms with Crippen molar-refractivity contribution in [1.82, 2.24) is 4.90 Å². The third kappa shape index (κ3) is 3.84. The zero-order valence-electron chi connectivity index (χ0n) is 12.8. The Kier molecular flexibility index (Phi) is 5.21. The summed E-state index contributed by atoms with van der Waals surface area (Å²) in [6.07, 6.45) is 2.90. The lowest BCUT2D eigenvalue weighted by atomic mass is 9.83. The van der Waals surface area contributed by atoms with Gasteiger partial charge in [-0.05, 0) is 37.1 Å². The summed E-state index contributed by atoms with van der Waals surface area (Å²) in [7, 11) is -4.06. The van der Waals surface area contributed by atoms with E-state index in [0.29, 0.717) is 12.1 Å². The summed E-state index contributed by atoms with van der Waals surface area (Å²) < 4.78 is 36.3. The van der Waals surface area contributed by atoms with Crippen LogP contribution in [0.15, 0.2) is 23.1 Å². The summed E-state index contributed by atoms with van der Waals surface area (Å²) in [5.41, 5.74) is 0.632. The molecule has 22 heavy (non-hydrogen) atoms. The zero-order chi connectivity index (χ0) is 16.4. The molecule has 3 N–H and O–H groups in total. The third-order valence-electron chi connectivity index (χ3n) is 4.34. The van der Waals surface area contributed by atoms with Crippen molar-refractivity contribution in [2.75, 3.05) is 19.7 Å². The van der Waals surface area contributed by atoms with Gasteiger partial charge in [-0.2, -0.15) is 0 Å². The Labute approximate surface area is 131 Å². The molecule has 2 rings (SSSR count). The van der Waals surface area contributed by atoms with Gasteiger partial charge in [0.2, 0.25) is 10.0 Å². The number of rotatable bonds is 6. The number of aliphatic hydroxyl groups is 1. The van der Waals surface area contributed by atoms with Crippen LogP contribution in [0, 0.1) is 11.2 Å². The van der Waals surface area contributed by atoms with Crippen molar-refractivity contribution in [2.45, 2.75) is 37.6 Å². The van der Waals surface area contributed by atoms with Crippen molar-refractivity contribution in [1.29, 1.82) is 0 Å². The van der Waals surface area contributed by atoms with Crippen LogP contribution >= 0.6 is 0 Å². The molecule has 5 nitrogen and oxygen atoms in total. The average Bonchev–Trinajstić information content (AvgIpc) is 2.84. The van der Waals surface area contributed by atoms with Crippen LogP contribution in [-0.2, 0) is 16.6 Å². The monoisotopic (exact) mass is 330 g/mol. The first kappa shape index (κ1) is 17.3. The average molecular weight is 330 g/mol. The second-order valence-corrected chi connectivity index (χ2v) is 7.71. The van der Waals surface area contributed by atoms with Gasteiger partial charge in [-0.3, -0.25) is 4.90 Å². The lowest BCUT2D eigenvalue weighted by Gasteiger charge is -2.26. The van der Waals surface area contributed by atoms with Gasteiger partial charge in [0.05, 0.1) is 0 Å². The number of hydrogen-bond donors (Lipinski definition) is 2. The molecule has 0 amide bonds. The van der Waals surface area contributed by atoms with Crippen molar-refractivity contribution in [2.24, 2.45) is 10.6 Å². The fourth-order valence-corrected chi connectivity index (χ4v) is 3.88. The van der Waals surface area contributed by atoms with Crippen LogP contribution in [0.2, 0.25) is 0 Å². The molecule has 1 fully saturated rings. The van der Waals surface area contributed by atoms with E-state index in [-0.39, 0.29) is 12.0 Å². The van der Waals surface area contributed by atoms with E-state index in [1.165, 1.54) is 6.07 Å². The van der Waals surface area contributed by atoms with Crippen molar-refractivity contribution in [3.63, 3.8) is 0 Å². The second kappa shape index (κ2) is 6.62. The van der Waals surface area contributed by atoms with Crippen LogP contribution in [-0.4, -0.2) is 38.1 Å². The maximum absolute atomic E-state index is 13.6. The van der Waals surface area contributed by atoms with Crippen molar-refractivity contribution >= 4 is 10.0 Å². The summed E-state index contributed by atoms with van der Waals surface area (Å²) in [5, 5.41) is 14.7. The molecule has 1 aromatic rings. The number of halogens is 1. The van der Waals surface area contributed by atoms with Gasteiger partial charge in [0.1, 0.15) is 10.7 Å². The Balaban J connectivity index is 2.13. The van der Waals surface area contributed by atoms with Crippen LogP contribution in [0.3, 0.4) is 0 Å². The normalized spacial score (nSPS) is 23.1. The van der Waals surface area contributed by atoms with E-state index in [0.717, 1.165) is 38.4 Å². The van der Waals surface area contributed by atoms with Crippen molar-refractivity contribution in [3.8, 4) is 0 Å². The van der Waals surface area contributed by atoms with Gasteiger partial charge in [0.25, 0.3) is 0 Å². The van der Waals surface area contributed by atoms with Gasteiger partial charge in [0, 0.05) is 25.1 Å². The number of aliphatic hydroxyl groups excluding tert-OH is 1. The Morgan fingerprint density at radius 3 is 2.77 bits per heavy atom. The Morgan fingerprint density at radius 1 is 1.45 bits per heavy atom. The van der Waals surface area contributed by atoms with Crippen molar-refractivity contribution in [3.05, 3.63) is 29.6 Å². The number of benzene rings is 1. The Hall–Kier alpha value is -1.02. The molecule has 0 spiro atoms. The third-order valence-corrected chi connectivity index (χ3v) is 5.27. The largest absolute Gasteiger partial charge is 0.396 e. The minimum absolute atomic E-state index is 0.0719. The molecule has 0 aliphatic carbocycles. The first-order valence-electron chi connectivity index (χ1n) is 7.44. The molecule has 1 heterocycles. The van der Waals surface area contributed by atoms with E-state index >= 15 is 0 Å². The predicted octanol–water partition coefficient (Wildman–Crippen LogP) is 1.46. The molecule has 0 saturated carbocycles. The van der Waals surface area contributed by atoms with Gasteiger partial charge in [-0.25, -0.2) is 17.9 Å². The molecule has 0 aromatic heterocycles. The molecular formula is C15H23FN2O3S. The second-order valence-electron chi connectivity index (χ2n) is 6.18. The van der Waals surface area contributed by atoms with E-state index in [2.05, 4.69) is 11.8 Å². The number of nitrogens with zero attached hydrogens (tertiary/aromatic N) is 1. The molecule has 124 valence electrons. The van der Waals surface area contributed by atoms with Gasteiger partial charge >= 0.3 is 0 Å². The van der Waals surface area contributed by atoms with Crippen LogP contribution in [0.5, 0.6) is 0 Å². The number of primary sulfonamides is 1. The topological polar surface area (TPSA) is 83.6 Å². The predicted molar refractivity (Wildman–Crippen MR) is 82.1 cm³/mol. The highest BCUT2D eigenvalue weighted by molar-refractivity contribution is 7.89. The Bertz CT molecular complexity index is 636. The maximum Gasteiger partial charge on any atom is 0.240 e. The van der Waals surface area contributed by atoms with Crippen LogP contribution in [0.4, 0.5) is 4.39 Å². The summed E-state index contributed by atoms with van der Waals surface area (Å²) in [6, 6.07) is 4.00. The van der Waals surface area contributed by atoms with Gasteiger partial charge in [-0.15, -0.1) is 0 Å². The van der Waals surface area contributed by atoms with Crippen LogP contribution in [0.1, 0.15) is 31.7 Å². The summed E-state index contributed by atoms with van der Waals surface area (Å²) in [6.45, 7) is 4.37. The highest BCUT2D eigenvalue weighted by Gasteiger charge is 2.36. The molecule has 1 aliphatic heterocycles. The highest BCUT2D eigenvalue weighted by Crippen LogP contribution is 2.35. The van der Waals surface area contributed by atoms with Crippen LogP contribution in [0.25, 0.3) is 0 Å². The number of nitrogens with two attached hydrogens (primary N) is 1. The highest BCUT2D eigenvalue weighted by atomic mass is 32.2. The van der Waals surface area contributed by atoms with E-state index < -0.39 is 20.7 Å². The molecule has 7 heteroatoms. The molecule has 0 radical (unpaired) electrons. The first-order chi connectivity index (χ1) is 10.3. The van der Waals surface area contributed by atoms with E-state index in [4.69, 9.17) is 5.14 Å². The molecule has 1 aliphatic rings. The SMILES string of the molecule is CCCC1(CO)CCN(Cc2ccc(F)c(S(N)(=O)=O)c2)C1. The lowest BCUT2D eigenvalue weighted by molar-refractivity contribution is 0.117. The van der Waals surface area contributed by atoms with Gasteiger partial charge in [0.15, 0.2) is 0 Å². The molecule has 1 atom stereocenters. The summed E-state index contributed by atoms with van der Waals surface area (Å²) >= 11 is 0. The summed E-state index contributed by atoms with van der Waals surface area (Å²) in [5.74, 6) is -0.830. The number of hydrogen-bond acceptors (Lipinski definition) is 4. The van der Waals surface area contributed by atoms with E-state index in [1.54, 1.807) is 6.07 Å². The van der Waals surface area contributed by atoms with E-state index in [9.17, 15) is 17.9 Å². The Morgan fingerprint density at radius 2 is 2.18 bits per heavy atom. The fraction of sp³-hybridized carbons (Fsp3) is 0.600. The molecule has 1 unspecified atom stereocenters. The smallest absolute Gasteiger partial charge is 0.240 e. The summed E-state index contributed by atoms with van der Waals surface area (Å²) in [4.78, 5) is 1.69. The maximum atomic E-state index is 13.6. The number of sulfonamides is 1. The van der Waals surface area contributed by atoms with Gasteiger partial charge in [-0.1, -0.05) is 19.4 Å². The molecule has 0 bridgehead atoms. The minimum atomic E-state index is -4.06. The minimum Gasteiger partial charge on any atom is -0.396 e. The lowest BCUT2D eigenvalue weighted by Crippen LogP contribution is -2.30. The fourth-order valence-electron chi connectivity index (χ4n) is 3.23. The molecule has 1 saturated heterocycles.